The molecule has 0 aliphatic carbocycles. The highest BCUT2D eigenvalue weighted by Crippen LogP contribution is 2.21. The van der Waals surface area contributed by atoms with Gasteiger partial charge in [0.15, 0.2) is 0 Å². The fourth-order valence-electron chi connectivity index (χ4n) is 1.53. The van der Waals surface area contributed by atoms with Crippen LogP contribution in [0, 0.1) is 0 Å². The van der Waals surface area contributed by atoms with Crippen molar-refractivity contribution in [2.45, 2.75) is 18.9 Å². The summed E-state index contributed by atoms with van der Waals surface area (Å²) in [5.41, 5.74) is 0.253. The summed E-state index contributed by atoms with van der Waals surface area (Å²) in [4.78, 5) is 34.2. The molecule has 1 atom stereocenters. The summed E-state index contributed by atoms with van der Waals surface area (Å²) in [7, 11) is 1.21. The van der Waals surface area contributed by atoms with Gasteiger partial charge >= 0.3 is 11.9 Å². The quantitative estimate of drug-likeness (QED) is 0.741. The monoisotopic (exact) mass is 377 g/mol. The van der Waals surface area contributed by atoms with Gasteiger partial charge in [0.05, 0.1) is 12.7 Å². The van der Waals surface area contributed by atoms with Crippen molar-refractivity contribution in [3.63, 3.8) is 0 Å². The Hall–Kier alpha value is -1.60. The number of ether oxygens (including phenoxy) is 1. The van der Waals surface area contributed by atoms with Gasteiger partial charge < -0.3 is 15.2 Å². The Bertz CT molecular complexity index is 563. The molecular formula is C13H13BrClNO5. The predicted molar refractivity (Wildman–Crippen MR) is 79.3 cm³/mol. The van der Waals surface area contributed by atoms with E-state index < -0.39 is 23.9 Å². The highest BCUT2D eigenvalue weighted by atomic mass is 79.9. The molecule has 114 valence electrons. The van der Waals surface area contributed by atoms with Crippen molar-refractivity contribution < 1.29 is 24.2 Å². The molecule has 6 nitrogen and oxygen atoms in total. The Labute approximate surface area is 134 Å². The third-order valence-electron chi connectivity index (χ3n) is 2.64. The van der Waals surface area contributed by atoms with Gasteiger partial charge in [0.25, 0.3) is 5.91 Å². The molecule has 0 heterocycles. The van der Waals surface area contributed by atoms with E-state index in [0.717, 1.165) is 0 Å². The number of hydrogen-bond acceptors (Lipinski definition) is 4. The Balaban J connectivity index is 2.76. The number of methoxy groups -OCH3 is 1. The second-order valence-corrected chi connectivity index (χ2v) is 5.39. The molecule has 0 saturated heterocycles. The predicted octanol–water partition coefficient (Wildman–Crippen LogP) is 2.24. The molecule has 2 N–H and O–H groups in total. The largest absolute Gasteiger partial charge is 0.480 e. The zero-order chi connectivity index (χ0) is 16.0. The van der Waals surface area contributed by atoms with Crippen LogP contribution in [0.2, 0.25) is 5.02 Å². The van der Waals surface area contributed by atoms with Crippen LogP contribution >= 0.6 is 27.5 Å². The topological polar surface area (TPSA) is 92.7 Å². The lowest BCUT2D eigenvalue weighted by Crippen LogP contribution is -2.41. The summed E-state index contributed by atoms with van der Waals surface area (Å²) in [5.74, 6) is -2.34. The SMILES string of the molecule is COC(=O)CCC(NC(=O)c1ccc(Cl)cc1Br)C(=O)O. The average Bonchev–Trinajstić information content (AvgIpc) is 2.42. The van der Waals surface area contributed by atoms with Gasteiger partial charge in [-0.15, -0.1) is 0 Å². The van der Waals surface area contributed by atoms with Gasteiger partial charge in [-0.1, -0.05) is 11.6 Å². The Morgan fingerprint density at radius 1 is 1.43 bits per heavy atom. The molecule has 1 rings (SSSR count). The maximum atomic E-state index is 12.0. The lowest BCUT2D eigenvalue weighted by Gasteiger charge is -2.14. The molecule has 1 aromatic carbocycles. The van der Waals surface area contributed by atoms with E-state index in [1.807, 2.05) is 0 Å². The number of aliphatic carboxylic acids is 1. The molecule has 0 bridgehead atoms. The third-order valence-corrected chi connectivity index (χ3v) is 3.54. The Morgan fingerprint density at radius 3 is 2.62 bits per heavy atom. The number of esters is 1. The van der Waals surface area contributed by atoms with Crippen LogP contribution in [0.3, 0.4) is 0 Å². The minimum absolute atomic E-state index is 0.0566. The molecule has 1 unspecified atom stereocenters. The second-order valence-electron chi connectivity index (χ2n) is 4.10. The summed E-state index contributed by atoms with van der Waals surface area (Å²) >= 11 is 8.95. The van der Waals surface area contributed by atoms with Crippen LogP contribution in [0.15, 0.2) is 22.7 Å². The van der Waals surface area contributed by atoms with Crippen LogP contribution in [0.5, 0.6) is 0 Å². The molecule has 0 saturated carbocycles. The molecule has 0 fully saturated rings. The third kappa shape index (κ3) is 5.35. The van der Waals surface area contributed by atoms with Crippen LogP contribution in [0.25, 0.3) is 0 Å². The molecule has 0 aliphatic rings. The van der Waals surface area contributed by atoms with E-state index in [9.17, 15) is 14.4 Å². The fraction of sp³-hybridized carbons (Fsp3) is 0.308. The number of carbonyl (C=O) groups excluding carboxylic acids is 2. The van der Waals surface area contributed by atoms with Crippen molar-refractivity contribution in [2.75, 3.05) is 7.11 Å². The van der Waals surface area contributed by atoms with Gasteiger partial charge in [0, 0.05) is 15.9 Å². The number of halogens is 2. The zero-order valence-corrected chi connectivity index (χ0v) is 13.4. The number of carboxylic acids is 1. The van der Waals surface area contributed by atoms with Crippen molar-refractivity contribution >= 4 is 45.4 Å². The van der Waals surface area contributed by atoms with Gasteiger partial charge in [-0.3, -0.25) is 9.59 Å². The number of rotatable bonds is 6. The number of nitrogens with one attached hydrogen (secondary N) is 1. The highest BCUT2D eigenvalue weighted by Gasteiger charge is 2.22. The van der Waals surface area contributed by atoms with Crippen LogP contribution in [0.1, 0.15) is 23.2 Å². The maximum Gasteiger partial charge on any atom is 0.326 e. The second kappa shape index (κ2) is 7.99. The first-order chi connectivity index (χ1) is 9.85. The summed E-state index contributed by atoms with van der Waals surface area (Å²) < 4.78 is 4.88. The average molecular weight is 379 g/mol. The highest BCUT2D eigenvalue weighted by molar-refractivity contribution is 9.10. The molecular weight excluding hydrogens is 366 g/mol. The molecule has 21 heavy (non-hydrogen) atoms. The maximum absolute atomic E-state index is 12.0. The summed E-state index contributed by atoms with van der Waals surface area (Å²) in [6.45, 7) is 0. The lowest BCUT2D eigenvalue weighted by molar-refractivity contribution is -0.142. The molecule has 0 aliphatic heterocycles. The van der Waals surface area contributed by atoms with E-state index in [1.54, 1.807) is 0 Å². The molecule has 1 amide bonds. The lowest BCUT2D eigenvalue weighted by atomic mass is 10.1. The first-order valence-corrected chi connectivity index (χ1v) is 7.07. The number of benzene rings is 1. The van der Waals surface area contributed by atoms with E-state index in [0.29, 0.717) is 9.50 Å². The molecule has 1 aromatic rings. The van der Waals surface area contributed by atoms with Gasteiger partial charge in [-0.25, -0.2) is 4.79 Å². The normalized spacial score (nSPS) is 11.6. The minimum Gasteiger partial charge on any atom is -0.480 e. The van der Waals surface area contributed by atoms with Crippen LogP contribution in [-0.4, -0.2) is 36.1 Å². The van der Waals surface area contributed by atoms with Crippen LogP contribution < -0.4 is 5.32 Å². The van der Waals surface area contributed by atoms with E-state index in [4.69, 9.17) is 16.7 Å². The number of carboxylic acid groups (broad SMARTS) is 1. The summed E-state index contributed by atoms with van der Waals surface area (Å²) in [6.07, 6.45) is -0.158. The zero-order valence-electron chi connectivity index (χ0n) is 11.1. The van der Waals surface area contributed by atoms with Gasteiger partial charge in [0.1, 0.15) is 6.04 Å². The van der Waals surface area contributed by atoms with Crippen LogP contribution in [0.4, 0.5) is 0 Å². The number of amides is 1. The smallest absolute Gasteiger partial charge is 0.326 e. The van der Waals surface area contributed by atoms with Crippen molar-refractivity contribution in [2.24, 2.45) is 0 Å². The first-order valence-electron chi connectivity index (χ1n) is 5.90. The molecule has 0 aromatic heterocycles. The molecule has 0 spiro atoms. The van der Waals surface area contributed by atoms with Gasteiger partial charge in [-0.2, -0.15) is 0 Å². The van der Waals surface area contributed by atoms with E-state index in [-0.39, 0.29) is 18.4 Å². The van der Waals surface area contributed by atoms with E-state index in [2.05, 4.69) is 26.0 Å². The van der Waals surface area contributed by atoms with Crippen molar-refractivity contribution in [1.29, 1.82) is 0 Å². The Morgan fingerprint density at radius 2 is 2.10 bits per heavy atom. The minimum atomic E-state index is -1.22. The van der Waals surface area contributed by atoms with Crippen LogP contribution in [-0.2, 0) is 14.3 Å². The summed E-state index contributed by atoms with van der Waals surface area (Å²) in [5, 5.41) is 11.9. The fourth-order valence-corrected chi connectivity index (χ4v) is 2.39. The number of hydrogen-bond donors (Lipinski definition) is 2. The number of carbonyl (C=O) groups is 3. The Kier molecular flexibility index (Phi) is 6.64. The van der Waals surface area contributed by atoms with E-state index in [1.165, 1.54) is 25.3 Å². The van der Waals surface area contributed by atoms with Crippen molar-refractivity contribution in [1.82, 2.24) is 5.32 Å². The van der Waals surface area contributed by atoms with Crippen molar-refractivity contribution in [3.05, 3.63) is 33.3 Å². The standard InChI is InChI=1S/C13H13BrClNO5/c1-21-11(17)5-4-10(13(19)20)16-12(18)8-3-2-7(15)6-9(8)14/h2-3,6,10H,4-5H2,1H3,(H,16,18)(H,19,20). The van der Waals surface area contributed by atoms with Gasteiger partial charge in [0.2, 0.25) is 0 Å². The first kappa shape index (κ1) is 17.5. The van der Waals surface area contributed by atoms with E-state index >= 15 is 0 Å². The molecule has 0 radical (unpaired) electrons. The molecule has 8 heteroatoms. The summed E-state index contributed by atoms with van der Waals surface area (Å²) in [6, 6.07) is 3.34. The van der Waals surface area contributed by atoms with Crippen molar-refractivity contribution in [3.8, 4) is 0 Å². The van der Waals surface area contributed by atoms with Gasteiger partial charge in [-0.05, 0) is 40.5 Å².